The van der Waals surface area contributed by atoms with Crippen molar-refractivity contribution in [3.05, 3.63) is 35.4 Å². The summed E-state index contributed by atoms with van der Waals surface area (Å²) in [5, 5.41) is 13.1. The van der Waals surface area contributed by atoms with E-state index in [1.54, 1.807) is 6.07 Å². The van der Waals surface area contributed by atoms with E-state index in [4.69, 9.17) is 0 Å². The molecule has 2 N–H and O–H groups in total. The lowest BCUT2D eigenvalue weighted by Crippen LogP contribution is -2.37. The fourth-order valence-electron chi connectivity index (χ4n) is 2.54. The van der Waals surface area contributed by atoms with Gasteiger partial charge in [0.05, 0.1) is 6.10 Å². The van der Waals surface area contributed by atoms with Gasteiger partial charge in [-0.3, -0.25) is 0 Å². The summed E-state index contributed by atoms with van der Waals surface area (Å²) in [5.41, 5.74) is 0.678. The molecular weight excluding hydrogens is 262 g/mol. The van der Waals surface area contributed by atoms with Crippen LogP contribution < -0.4 is 5.32 Å². The molecule has 112 valence electrons. The summed E-state index contributed by atoms with van der Waals surface area (Å²) < 4.78 is 26.0. The van der Waals surface area contributed by atoms with Crippen LogP contribution in [0.4, 0.5) is 8.78 Å². The molecule has 1 heterocycles. The van der Waals surface area contributed by atoms with Gasteiger partial charge in [0.25, 0.3) is 0 Å². The molecule has 0 bridgehead atoms. The highest BCUT2D eigenvalue weighted by molar-refractivity contribution is 5.20. The van der Waals surface area contributed by atoms with Gasteiger partial charge in [-0.05, 0) is 50.6 Å². The monoisotopic (exact) mass is 284 g/mol. The van der Waals surface area contributed by atoms with Crippen LogP contribution in [-0.2, 0) is 0 Å². The summed E-state index contributed by atoms with van der Waals surface area (Å²) in [7, 11) is 0. The van der Waals surface area contributed by atoms with Gasteiger partial charge in [-0.15, -0.1) is 0 Å². The number of halogens is 2. The first-order valence-corrected chi connectivity index (χ1v) is 7.15. The van der Waals surface area contributed by atoms with Gasteiger partial charge in [0, 0.05) is 19.1 Å². The normalized spacial score (nSPS) is 19.2. The summed E-state index contributed by atoms with van der Waals surface area (Å²) in [5.74, 6) is -1.68. The van der Waals surface area contributed by atoms with Crippen LogP contribution in [0.25, 0.3) is 0 Å². The van der Waals surface area contributed by atoms with Crippen molar-refractivity contribution in [3.8, 4) is 0 Å². The maximum absolute atomic E-state index is 13.2. The highest BCUT2D eigenvalue weighted by Crippen LogP contribution is 2.16. The van der Waals surface area contributed by atoms with E-state index in [0.717, 1.165) is 19.2 Å². The third kappa shape index (κ3) is 4.23. The van der Waals surface area contributed by atoms with Crippen molar-refractivity contribution in [2.75, 3.05) is 26.2 Å². The molecule has 3 nitrogen and oxygen atoms in total. The Morgan fingerprint density at radius 3 is 2.60 bits per heavy atom. The van der Waals surface area contributed by atoms with Crippen molar-refractivity contribution >= 4 is 0 Å². The number of nitrogens with one attached hydrogen (secondary N) is 1. The van der Waals surface area contributed by atoms with E-state index in [1.165, 1.54) is 18.9 Å². The number of nitrogens with zero attached hydrogens (tertiary/aromatic N) is 1. The number of hydrogen-bond donors (Lipinski definition) is 2. The van der Waals surface area contributed by atoms with Gasteiger partial charge in [0.1, 0.15) is 0 Å². The Balaban J connectivity index is 1.78. The lowest BCUT2D eigenvalue weighted by atomic mass is 10.1. The molecule has 1 aromatic rings. The van der Waals surface area contributed by atoms with Gasteiger partial charge in [-0.2, -0.15) is 0 Å². The van der Waals surface area contributed by atoms with E-state index in [1.807, 2.05) is 6.92 Å². The van der Waals surface area contributed by atoms with Crippen LogP contribution in [0.1, 0.15) is 31.4 Å². The first-order valence-electron chi connectivity index (χ1n) is 7.15. The van der Waals surface area contributed by atoms with Gasteiger partial charge < -0.3 is 15.3 Å². The van der Waals surface area contributed by atoms with E-state index >= 15 is 0 Å². The van der Waals surface area contributed by atoms with Gasteiger partial charge in [-0.1, -0.05) is 6.07 Å². The zero-order chi connectivity index (χ0) is 14.5. The van der Waals surface area contributed by atoms with Gasteiger partial charge in [0.2, 0.25) is 0 Å². The van der Waals surface area contributed by atoms with Crippen LogP contribution in [0.3, 0.4) is 0 Å². The SMILES string of the molecule is CC(NCC(O)CN1CCCC1)c1ccc(F)c(F)c1. The minimum atomic E-state index is -0.839. The molecule has 2 atom stereocenters. The molecule has 20 heavy (non-hydrogen) atoms. The number of likely N-dealkylation sites (tertiary alicyclic amines) is 1. The molecule has 2 rings (SSSR count). The molecule has 5 heteroatoms. The van der Waals surface area contributed by atoms with Crippen molar-refractivity contribution in [2.45, 2.75) is 31.9 Å². The predicted molar refractivity (Wildman–Crippen MR) is 74.5 cm³/mol. The Kier molecular flexibility index (Phi) is 5.46. The Labute approximate surface area is 118 Å². The van der Waals surface area contributed by atoms with Crippen LogP contribution in [0, 0.1) is 11.6 Å². The maximum Gasteiger partial charge on any atom is 0.159 e. The zero-order valence-corrected chi connectivity index (χ0v) is 11.8. The molecule has 0 aliphatic carbocycles. The molecule has 0 amide bonds. The quantitative estimate of drug-likeness (QED) is 0.839. The Morgan fingerprint density at radius 2 is 1.95 bits per heavy atom. The molecule has 0 spiro atoms. The van der Waals surface area contributed by atoms with E-state index in [-0.39, 0.29) is 6.04 Å². The summed E-state index contributed by atoms with van der Waals surface area (Å²) in [6.45, 7) is 5.08. The van der Waals surface area contributed by atoms with Crippen molar-refractivity contribution in [1.82, 2.24) is 10.2 Å². The molecule has 1 saturated heterocycles. The van der Waals surface area contributed by atoms with Crippen LogP contribution in [0.5, 0.6) is 0 Å². The Morgan fingerprint density at radius 1 is 1.25 bits per heavy atom. The second-order valence-corrected chi connectivity index (χ2v) is 5.47. The van der Waals surface area contributed by atoms with Crippen molar-refractivity contribution in [1.29, 1.82) is 0 Å². The minimum Gasteiger partial charge on any atom is -0.390 e. The summed E-state index contributed by atoms with van der Waals surface area (Å²) in [4.78, 5) is 2.24. The highest BCUT2D eigenvalue weighted by Gasteiger charge is 2.16. The Hall–Kier alpha value is -1.04. The number of rotatable bonds is 6. The van der Waals surface area contributed by atoms with Gasteiger partial charge in [0.15, 0.2) is 11.6 Å². The van der Waals surface area contributed by atoms with Crippen molar-refractivity contribution < 1.29 is 13.9 Å². The predicted octanol–water partition coefficient (Wildman–Crippen LogP) is 2.07. The molecule has 0 aromatic heterocycles. The number of benzene rings is 1. The molecule has 2 unspecified atom stereocenters. The average Bonchev–Trinajstić information content (AvgIpc) is 2.92. The standard InChI is InChI=1S/C15H22F2N2O/c1-11(12-4-5-14(16)15(17)8-12)18-9-13(20)10-19-6-2-3-7-19/h4-5,8,11,13,18,20H,2-3,6-7,9-10H2,1H3. The fourth-order valence-corrected chi connectivity index (χ4v) is 2.54. The third-order valence-electron chi connectivity index (χ3n) is 3.77. The summed E-state index contributed by atoms with van der Waals surface area (Å²) in [6, 6.07) is 3.75. The van der Waals surface area contributed by atoms with E-state index in [9.17, 15) is 13.9 Å². The minimum absolute atomic E-state index is 0.127. The van der Waals surface area contributed by atoms with Gasteiger partial charge in [-0.25, -0.2) is 8.78 Å². The van der Waals surface area contributed by atoms with Crippen LogP contribution in [-0.4, -0.2) is 42.3 Å². The first kappa shape index (κ1) is 15.4. The highest BCUT2D eigenvalue weighted by atomic mass is 19.2. The average molecular weight is 284 g/mol. The van der Waals surface area contributed by atoms with E-state index < -0.39 is 17.7 Å². The second kappa shape index (κ2) is 7.11. The molecule has 1 fully saturated rings. The van der Waals surface area contributed by atoms with Crippen LogP contribution in [0.15, 0.2) is 18.2 Å². The maximum atomic E-state index is 13.2. The lowest BCUT2D eigenvalue weighted by Gasteiger charge is -2.22. The largest absolute Gasteiger partial charge is 0.390 e. The molecule has 0 saturated carbocycles. The van der Waals surface area contributed by atoms with Crippen molar-refractivity contribution in [3.63, 3.8) is 0 Å². The summed E-state index contributed by atoms with van der Waals surface area (Å²) >= 11 is 0. The zero-order valence-electron chi connectivity index (χ0n) is 11.8. The number of β-amino-alcohol motifs (C(OH)–C–C–N with tert-alkyl or cyclic N) is 1. The third-order valence-corrected chi connectivity index (χ3v) is 3.77. The molecule has 1 aliphatic rings. The van der Waals surface area contributed by atoms with Crippen LogP contribution in [0.2, 0.25) is 0 Å². The molecule has 1 aromatic carbocycles. The summed E-state index contributed by atoms with van der Waals surface area (Å²) in [6.07, 6.45) is 1.96. The van der Waals surface area contributed by atoms with Crippen LogP contribution >= 0.6 is 0 Å². The fraction of sp³-hybridized carbons (Fsp3) is 0.600. The number of aliphatic hydroxyl groups is 1. The molecular formula is C15H22F2N2O. The van der Waals surface area contributed by atoms with Gasteiger partial charge >= 0.3 is 0 Å². The van der Waals surface area contributed by atoms with Crippen molar-refractivity contribution in [2.24, 2.45) is 0 Å². The smallest absolute Gasteiger partial charge is 0.159 e. The Bertz CT molecular complexity index is 436. The number of aliphatic hydroxyl groups excluding tert-OH is 1. The van der Waals surface area contributed by atoms with E-state index in [0.29, 0.717) is 18.7 Å². The first-order chi connectivity index (χ1) is 9.56. The van der Waals surface area contributed by atoms with E-state index in [2.05, 4.69) is 10.2 Å². The molecule has 0 radical (unpaired) electrons. The molecule has 1 aliphatic heterocycles. The second-order valence-electron chi connectivity index (χ2n) is 5.47. The lowest BCUT2D eigenvalue weighted by molar-refractivity contribution is 0.121. The topological polar surface area (TPSA) is 35.5 Å². The number of hydrogen-bond acceptors (Lipinski definition) is 3.